The Morgan fingerprint density at radius 2 is 2.05 bits per heavy atom. The molecule has 0 saturated heterocycles. The first-order chi connectivity index (χ1) is 10.1. The quantitative estimate of drug-likeness (QED) is 0.875. The monoisotopic (exact) mass is 328 g/mol. The molecule has 0 spiro atoms. The SMILES string of the molecule is CC.NCC(=O)N1CCn2nc3c(Cl)c(Cl)ccc3c2C1. The number of halogens is 2. The maximum Gasteiger partial charge on any atom is 0.236 e. The summed E-state index contributed by atoms with van der Waals surface area (Å²) in [5.74, 6) is -0.0549. The van der Waals surface area contributed by atoms with Crippen LogP contribution in [0.25, 0.3) is 10.9 Å². The van der Waals surface area contributed by atoms with E-state index < -0.39 is 0 Å². The lowest BCUT2D eigenvalue weighted by atomic mass is 10.2. The van der Waals surface area contributed by atoms with Crippen LogP contribution in [-0.2, 0) is 17.9 Å². The second-order valence-electron chi connectivity index (χ2n) is 4.45. The van der Waals surface area contributed by atoms with Crippen LogP contribution < -0.4 is 5.73 Å². The molecule has 1 aliphatic heterocycles. The van der Waals surface area contributed by atoms with Crippen LogP contribution in [0.5, 0.6) is 0 Å². The first kappa shape index (κ1) is 16.1. The number of rotatable bonds is 1. The summed E-state index contributed by atoms with van der Waals surface area (Å²) < 4.78 is 1.88. The standard InChI is InChI=1S/C12H12Cl2N4O.C2H6/c13-8-2-1-7-9-6-17(10(19)5-15)3-4-18(9)16-12(7)11(8)14;1-2/h1-2H,3-6,15H2;1-2H3. The van der Waals surface area contributed by atoms with Gasteiger partial charge in [0.25, 0.3) is 0 Å². The van der Waals surface area contributed by atoms with Crippen LogP contribution in [0.3, 0.4) is 0 Å². The van der Waals surface area contributed by atoms with E-state index in [1.165, 1.54) is 0 Å². The van der Waals surface area contributed by atoms with Crippen molar-refractivity contribution in [1.29, 1.82) is 0 Å². The third-order valence-electron chi connectivity index (χ3n) is 3.36. The molecule has 1 amide bonds. The number of nitrogens with two attached hydrogens (primary N) is 1. The highest BCUT2D eigenvalue weighted by atomic mass is 35.5. The topological polar surface area (TPSA) is 64.2 Å². The van der Waals surface area contributed by atoms with Crippen LogP contribution in [0.15, 0.2) is 12.1 Å². The van der Waals surface area contributed by atoms with Crippen LogP contribution in [0.1, 0.15) is 19.5 Å². The first-order valence-electron chi connectivity index (χ1n) is 6.93. The Bertz CT molecular complexity index is 669. The first-order valence-corrected chi connectivity index (χ1v) is 7.68. The molecule has 114 valence electrons. The fraction of sp³-hybridized carbons (Fsp3) is 0.429. The van der Waals surface area contributed by atoms with Crippen molar-refractivity contribution >= 4 is 40.0 Å². The highest BCUT2D eigenvalue weighted by molar-refractivity contribution is 6.45. The number of aromatic nitrogens is 2. The second-order valence-corrected chi connectivity index (χ2v) is 5.23. The Balaban J connectivity index is 0.000000774. The van der Waals surface area contributed by atoms with E-state index in [0.29, 0.717) is 35.2 Å². The summed E-state index contributed by atoms with van der Waals surface area (Å²) in [6.45, 7) is 5.79. The molecule has 0 saturated carbocycles. The Labute approximate surface area is 133 Å². The molecule has 3 rings (SSSR count). The Hall–Kier alpha value is -1.30. The third-order valence-corrected chi connectivity index (χ3v) is 4.16. The van der Waals surface area contributed by atoms with Gasteiger partial charge in [-0.25, -0.2) is 0 Å². The highest BCUT2D eigenvalue weighted by Crippen LogP contribution is 2.33. The molecular weight excluding hydrogens is 311 g/mol. The van der Waals surface area contributed by atoms with E-state index in [4.69, 9.17) is 28.9 Å². The molecule has 0 bridgehead atoms. The van der Waals surface area contributed by atoms with Crippen LogP contribution >= 0.6 is 23.2 Å². The van der Waals surface area contributed by atoms with Gasteiger partial charge in [0, 0.05) is 11.9 Å². The summed E-state index contributed by atoms with van der Waals surface area (Å²) in [5.41, 5.74) is 7.06. The molecular formula is C14H18Cl2N4O. The molecule has 0 fully saturated rings. The van der Waals surface area contributed by atoms with Crippen molar-refractivity contribution in [3.63, 3.8) is 0 Å². The van der Waals surface area contributed by atoms with Crippen LogP contribution in [0, 0.1) is 0 Å². The maximum atomic E-state index is 11.7. The minimum atomic E-state index is -0.0549. The van der Waals surface area contributed by atoms with Crippen LogP contribution in [-0.4, -0.2) is 33.7 Å². The van der Waals surface area contributed by atoms with Crippen molar-refractivity contribution in [3.8, 4) is 0 Å². The molecule has 0 unspecified atom stereocenters. The average Bonchev–Trinajstić information content (AvgIpc) is 2.90. The lowest BCUT2D eigenvalue weighted by Crippen LogP contribution is -2.41. The fourth-order valence-corrected chi connectivity index (χ4v) is 2.71. The van der Waals surface area contributed by atoms with Gasteiger partial charge in [-0.15, -0.1) is 0 Å². The highest BCUT2D eigenvalue weighted by Gasteiger charge is 2.24. The van der Waals surface area contributed by atoms with Gasteiger partial charge in [-0.1, -0.05) is 37.0 Å². The molecule has 21 heavy (non-hydrogen) atoms. The van der Waals surface area contributed by atoms with Crippen molar-refractivity contribution in [2.24, 2.45) is 5.73 Å². The van der Waals surface area contributed by atoms with Gasteiger partial charge in [0.2, 0.25) is 5.91 Å². The molecule has 0 radical (unpaired) electrons. The molecule has 2 N–H and O–H groups in total. The number of fused-ring (bicyclic) bond motifs is 3. The van der Waals surface area contributed by atoms with Gasteiger partial charge in [0.1, 0.15) is 5.52 Å². The van der Waals surface area contributed by atoms with Crippen LogP contribution in [0.4, 0.5) is 0 Å². The molecule has 0 atom stereocenters. The van der Waals surface area contributed by atoms with Gasteiger partial charge < -0.3 is 10.6 Å². The fourth-order valence-electron chi connectivity index (χ4n) is 2.36. The number of carbonyl (C=O) groups excluding carboxylic acids is 1. The summed E-state index contributed by atoms with van der Waals surface area (Å²) in [7, 11) is 0. The zero-order valence-electron chi connectivity index (χ0n) is 12.1. The number of nitrogens with zero attached hydrogens (tertiary/aromatic N) is 3. The summed E-state index contributed by atoms with van der Waals surface area (Å²) in [6.07, 6.45) is 0. The predicted octanol–water partition coefficient (Wildman–Crippen LogP) is 2.67. The van der Waals surface area contributed by atoms with Gasteiger partial charge >= 0.3 is 0 Å². The molecule has 1 aromatic heterocycles. The van der Waals surface area contributed by atoms with E-state index in [1.54, 1.807) is 11.0 Å². The molecule has 2 heterocycles. The lowest BCUT2D eigenvalue weighted by molar-refractivity contribution is -0.131. The number of carbonyl (C=O) groups is 1. The molecule has 7 heteroatoms. The van der Waals surface area contributed by atoms with Gasteiger partial charge in [0.15, 0.2) is 0 Å². The molecule has 2 aromatic rings. The largest absolute Gasteiger partial charge is 0.334 e. The zero-order chi connectivity index (χ0) is 15.6. The van der Waals surface area contributed by atoms with Gasteiger partial charge in [-0.05, 0) is 12.1 Å². The minimum absolute atomic E-state index is 0.0264. The van der Waals surface area contributed by atoms with E-state index in [-0.39, 0.29) is 12.5 Å². The third kappa shape index (κ3) is 2.86. The van der Waals surface area contributed by atoms with E-state index in [2.05, 4.69) is 5.10 Å². The molecule has 5 nitrogen and oxygen atoms in total. The van der Waals surface area contributed by atoms with Crippen LogP contribution in [0.2, 0.25) is 10.0 Å². The number of benzene rings is 1. The normalized spacial score (nSPS) is 13.7. The molecule has 0 aliphatic carbocycles. The van der Waals surface area contributed by atoms with Crippen molar-refractivity contribution < 1.29 is 4.79 Å². The Morgan fingerprint density at radius 1 is 1.33 bits per heavy atom. The van der Waals surface area contributed by atoms with Crippen molar-refractivity contribution in [2.75, 3.05) is 13.1 Å². The van der Waals surface area contributed by atoms with Crippen molar-refractivity contribution in [2.45, 2.75) is 26.9 Å². The summed E-state index contributed by atoms with van der Waals surface area (Å²) in [6, 6.07) is 3.64. The minimum Gasteiger partial charge on any atom is -0.334 e. The second kappa shape index (κ2) is 6.64. The van der Waals surface area contributed by atoms with Gasteiger partial charge in [-0.2, -0.15) is 5.10 Å². The Morgan fingerprint density at radius 3 is 2.71 bits per heavy atom. The number of amides is 1. The van der Waals surface area contributed by atoms with Gasteiger partial charge in [0.05, 0.1) is 35.4 Å². The smallest absolute Gasteiger partial charge is 0.236 e. The van der Waals surface area contributed by atoms with E-state index in [9.17, 15) is 4.79 Å². The molecule has 1 aromatic carbocycles. The van der Waals surface area contributed by atoms with Crippen molar-refractivity contribution in [1.82, 2.24) is 14.7 Å². The summed E-state index contributed by atoms with van der Waals surface area (Å²) in [5, 5.41) is 6.34. The lowest BCUT2D eigenvalue weighted by Gasteiger charge is -2.27. The van der Waals surface area contributed by atoms with E-state index in [0.717, 1.165) is 11.1 Å². The average molecular weight is 329 g/mol. The van der Waals surface area contributed by atoms with Gasteiger partial charge in [-0.3, -0.25) is 9.48 Å². The predicted molar refractivity (Wildman–Crippen MR) is 85.6 cm³/mol. The number of hydrogen-bond acceptors (Lipinski definition) is 3. The van der Waals surface area contributed by atoms with Crippen molar-refractivity contribution in [3.05, 3.63) is 27.9 Å². The number of hydrogen-bond donors (Lipinski definition) is 1. The van der Waals surface area contributed by atoms with E-state index in [1.807, 2.05) is 24.6 Å². The maximum absolute atomic E-state index is 11.7. The summed E-state index contributed by atoms with van der Waals surface area (Å²) >= 11 is 12.2. The molecule has 1 aliphatic rings. The van der Waals surface area contributed by atoms with E-state index >= 15 is 0 Å². The Kier molecular flexibility index (Phi) is 5.08. The zero-order valence-corrected chi connectivity index (χ0v) is 13.6. The summed E-state index contributed by atoms with van der Waals surface area (Å²) in [4.78, 5) is 13.4.